The zero-order valence-electron chi connectivity index (χ0n) is 8.50. The molecule has 1 heterocycles. The van der Waals surface area contributed by atoms with E-state index in [0.717, 1.165) is 0 Å². The van der Waals surface area contributed by atoms with Gasteiger partial charge in [0.25, 0.3) is 0 Å². The standard InChI is InChI=1S/C8H10N5.K/c1-12-8-6(7(10)11)5(3-9)4-13(8)2;/h4H,1-2H3,(H3,10,11);/q-1;+1. The number of hydrogen-bond donors (Lipinski definition) is 2. The van der Waals surface area contributed by atoms with Crippen LogP contribution in [0.25, 0.3) is 5.32 Å². The van der Waals surface area contributed by atoms with E-state index >= 15 is 0 Å². The van der Waals surface area contributed by atoms with E-state index in [1.54, 1.807) is 24.9 Å². The average Bonchev–Trinajstić information content (AvgIpc) is 2.41. The van der Waals surface area contributed by atoms with Crippen LogP contribution in [-0.4, -0.2) is 17.5 Å². The number of rotatable bonds is 2. The molecule has 0 aromatic carbocycles. The van der Waals surface area contributed by atoms with E-state index in [1.807, 2.05) is 6.07 Å². The Kier molecular flexibility index (Phi) is 5.40. The van der Waals surface area contributed by atoms with Crippen LogP contribution in [0, 0.1) is 16.7 Å². The maximum atomic E-state index is 8.74. The smallest absolute Gasteiger partial charge is 0.468 e. The molecule has 1 rings (SSSR count). The average molecular weight is 215 g/mol. The Morgan fingerprint density at radius 1 is 1.71 bits per heavy atom. The molecule has 0 fully saturated rings. The van der Waals surface area contributed by atoms with Gasteiger partial charge in [-0.05, 0) is 5.82 Å². The van der Waals surface area contributed by atoms with Crippen molar-refractivity contribution in [2.45, 2.75) is 0 Å². The summed E-state index contributed by atoms with van der Waals surface area (Å²) < 4.78 is 1.68. The molecule has 14 heavy (non-hydrogen) atoms. The molecule has 0 atom stereocenters. The summed E-state index contributed by atoms with van der Waals surface area (Å²) in [6.07, 6.45) is 1.61. The molecule has 5 nitrogen and oxygen atoms in total. The van der Waals surface area contributed by atoms with Crippen LogP contribution in [0.1, 0.15) is 11.1 Å². The van der Waals surface area contributed by atoms with Crippen LogP contribution in [-0.2, 0) is 7.05 Å². The number of nitrogens with zero attached hydrogens (tertiary/aromatic N) is 3. The van der Waals surface area contributed by atoms with Gasteiger partial charge in [0.05, 0.1) is 11.6 Å². The van der Waals surface area contributed by atoms with Crippen molar-refractivity contribution >= 4 is 11.7 Å². The first-order chi connectivity index (χ1) is 6.11. The molecular weight excluding hydrogens is 205 g/mol. The molecular formula is C8H10KN5. The monoisotopic (exact) mass is 215 g/mol. The molecule has 0 amide bonds. The van der Waals surface area contributed by atoms with E-state index in [9.17, 15) is 0 Å². The van der Waals surface area contributed by atoms with Crippen LogP contribution in [0.5, 0.6) is 0 Å². The number of nitrogens with two attached hydrogens (primary N) is 1. The third-order valence-electron chi connectivity index (χ3n) is 1.75. The molecule has 0 saturated carbocycles. The van der Waals surface area contributed by atoms with Crippen molar-refractivity contribution in [1.29, 1.82) is 10.7 Å². The summed E-state index contributed by atoms with van der Waals surface area (Å²) >= 11 is 0. The Morgan fingerprint density at radius 2 is 2.29 bits per heavy atom. The number of nitriles is 1. The molecule has 0 radical (unpaired) electrons. The van der Waals surface area contributed by atoms with Crippen molar-refractivity contribution in [1.82, 2.24) is 4.57 Å². The number of nitrogens with one attached hydrogen (secondary N) is 1. The van der Waals surface area contributed by atoms with Crippen molar-refractivity contribution in [3.63, 3.8) is 0 Å². The fourth-order valence-electron chi connectivity index (χ4n) is 1.24. The van der Waals surface area contributed by atoms with E-state index in [-0.39, 0.29) is 57.2 Å². The number of hydrogen-bond acceptors (Lipinski definition) is 2. The van der Waals surface area contributed by atoms with Gasteiger partial charge in [0.1, 0.15) is 5.84 Å². The second-order valence-corrected chi connectivity index (χ2v) is 2.60. The topological polar surface area (TPSA) is 92.7 Å². The molecule has 0 spiro atoms. The zero-order valence-corrected chi connectivity index (χ0v) is 11.6. The van der Waals surface area contributed by atoms with Crippen molar-refractivity contribution in [3.05, 3.63) is 22.6 Å². The molecule has 1 aromatic heterocycles. The van der Waals surface area contributed by atoms with Gasteiger partial charge in [-0.15, -0.1) is 0 Å². The Morgan fingerprint density at radius 3 is 2.64 bits per heavy atom. The SMILES string of the molecule is C[N-]c1c(C(=N)N)c(C#N)cn1C.[K+]. The molecule has 0 aliphatic heterocycles. The predicted octanol–water partition coefficient (Wildman–Crippen LogP) is -2.18. The van der Waals surface area contributed by atoms with Crippen molar-refractivity contribution in [2.24, 2.45) is 12.8 Å². The molecule has 6 heteroatoms. The molecule has 0 bridgehead atoms. The molecule has 0 saturated heterocycles. The molecule has 1 aromatic rings. The van der Waals surface area contributed by atoms with Crippen LogP contribution < -0.4 is 57.1 Å². The fourth-order valence-corrected chi connectivity index (χ4v) is 1.24. The van der Waals surface area contributed by atoms with Gasteiger partial charge in [-0.2, -0.15) is 5.26 Å². The fraction of sp³-hybridized carbons (Fsp3) is 0.250. The number of aryl methyl sites for hydroxylation is 1. The largest absolute Gasteiger partial charge is 1.00 e. The quantitative estimate of drug-likeness (QED) is 0.333. The molecule has 0 unspecified atom stereocenters. The first-order valence-electron chi connectivity index (χ1n) is 3.65. The number of amidine groups is 1. The van der Waals surface area contributed by atoms with Gasteiger partial charge in [-0.1, -0.05) is 20.3 Å². The van der Waals surface area contributed by atoms with Crippen molar-refractivity contribution in [2.75, 3.05) is 7.05 Å². The maximum absolute atomic E-state index is 8.74. The summed E-state index contributed by atoms with van der Waals surface area (Å²) in [5.74, 6) is 0.432. The Labute approximate surface area is 125 Å². The van der Waals surface area contributed by atoms with Crippen LogP contribution >= 0.6 is 0 Å². The van der Waals surface area contributed by atoms with Gasteiger partial charge in [0.15, 0.2) is 0 Å². The van der Waals surface area contributed by atoms with E-state index in [4.69, 9.17) is 16.4 Å². The van der Waals surface area contributed by atoms with Crippen LogP contribution in [0.15, 0.2) is 6.20 Å². The first-order valence-corrected chi connectivity index (χ1v) is 3.65. The summed E-state index contributed by atoms with van der Waals surface area (Å²) in [4.78, 5) is 0. The second kappa shape index (κ2) is 5.53. The Hall–Kier alpha value is -0.324. The zero-order chi connectivity index (χ0) is 10.0. The number of nitrogen functional groups attached to an aromatic ring is 1. The van der Waals surface area contributed by atoms with Gasteiger partial charge >= 0.3 is 51.4 Å². The normalized spacial score (nSPS) is 8.64. The van der Waals surface area contributed by atoms with Gasteiger partial charge in [0.2, 0.25) is 0 Å². The third-order valence-corrected chi connectivity index (χ3v) is 1.75. The molecule has 68 valence electrons. The minimum Gasteiger partial charge on any atom is -0.468 e. The van der Waals surface area contributed by atoms with Gasteiger partial charge in [0, 0.05) is 5.56 Å². The van der Waals surface area contributed by atoms with Crippen LogP contribution in [0.2, 0.25) is 0 Å². The first kappa shape index (κ1) is 13.7. The summed E-state index contributed by atoms with van der Waals surface area (Å²) in [5, 5.41) is 20.0. The van der Waals surface area contributed by atoms with E-state index < -0.39 is 0 Å². The van der Waals surface area contributed by atoms with Crippen LogP contribution in [0.3, 0.4) is 0 Å². The van der Waals surface area contributed by atoms with E-state index in [0.29, 0.717) is 16.9 Å². The van der Waals surface area contributed by atoms with Gasteiger partial charge in [-0.3, -0.25) is 5.41 Å². The number of aromatic nitrogens is 1. The molecule has 3 N–H and O–H groups in total. The summed E-state index contributed by atoms with van der Waals surface area (Å²) in [6.45, 7) is 0. The van der Waals surface area contributed by atoms with E-state index in [2.05, 4.69) is 5.32 Å². The molecule has 0 aliphatic rings. The van der Waals surface area contributed by atoms with Gasteiger partial charge < -0.3 is 15.6 Å². The second-order valence-electron chi connectivity index (χ2n) is 2.60. The summed E-state index contributed by atoms with van der Waals surface area (Å²) in [7, 11) is 3.36. The van der Waals surface area contributed by atoms with Crippen molar-refractivity contribution in [3.8, 4) is 6.07 Å². The minimum absolute atomic E-state index is 0. The van der Waals surface area contributed by atoms with E-state index in [1.165, 1.54) is 0 Å². The van der Waals surface area contributed by atoms with Crippen LogP contribution in [0.4, 0.5) is 5.82 Å². The minimum atomic E-state index is -0.127. The third kappa shape index (κ3) is 2.37. The predicted molar refractivity (Wildman–Crippen MR) is 50.1 cm³/mol. The summed E-state index contributed by atoms with van der Waals surface area (Å²) in [6, 6.07) is 1.97. The Balaban J connectivity index is 0.00000169. The van der Waals surface area contributed by atoms with Gasteiger partial charge in [-0.25, -0.2) is 0 Å². The maximum Gasteiger partial charge on any atom is 1.00 e. The summed E-state index contributed by atoms with van der Waals surface area (Å²) in [5.41, 5.74) is 6.13. The molecule has 0 aliphatic carbocycles. The van der Waals surface area contributed by atoms with Crippen molar-refractivity contribution < 1.29 is 51.4 Å². The Bertz CT molecular complexity index is 387.